The quantitative estimate of drug-likeness (QED) is 0.564. The van der Waals surface area contributed by atoms with Crippen LogP contribution < -0.4 is 10.1 Å². The summed E-state index contributed by atoms with van der Waals surface area (Å²) < 4.78 is 18.8. The third kappa shape index (κ3) is 4.52. The van der Waals surface area contributed by atoms with Gasteiger partial charge in [0.25, 0.3) is 0 Å². The average molecular weight is 379 g/mol. The smallest absolute Gasteiger partial charge is 0.136 e. The predicted octanol–water partition coefficient (Wildman–Crippen LogP) is 5.63. The van der Waals surface area contributed by atoms with Crippen molar-refractivity contribution in [2.75, 3.05) is 11.9 Å². The number of hydrogen-bond donors (Lipinski definition) is 1. The van der Waals surface area contributed by atoms with E-state index < -0.39 is 0 Å². The summed E-state index contributed by atoms with van der Waals surface area (Å²) in [6, 6.07) is 14.3. The van der Waals surface area contributed by atoms with Crippen molar-refractivity contribution in [1.82, 2.24) is 4.98 Å². The van der Waals surface area contributed by atoms with Crippen molar-refractivity contribution in [2.45, 2.75) is 13.8 Å². The Bertz CT molecular complexity index is 1000. The number of thiazole rings is 1. The third-order valence-corrected chi connectivity index (χ3v) is 4.76. The van der Waals surface area contributed by atoms with Crippen molar-refractivity contribution in [3.63, 3.8) is 0 Å². The van der Waals surface area contributed by atoms with E-state index in [0.717, 1.165) is 22.6 Å². The standard InChI is InChI=1S/C21H18FN3OS/c1-3-26-18-8-5-15(6-9-18)20-13-27-21(25-20)16(11-23)12-24-19-10-17(22)7-4-14(19)2/h4-10,12-13,24H,3H2,1-2H3/b16-12+. The van der Waals surface area contributed by atoms with E-state index in [9.17, 15) is 9.65 Å². The summed E-state index contributed by atoms with van der Waals surface area (Å²) >= 11 is 1.39. The second-order valence-electron chi connectivity index (χ2n) is 5.77. The molecule has 0 fully saturated rings. The van der Waals surface area contributed by atoms with Gasteiger partial charge in [-0.1, -0.05) is 6.07 Å². The van der Waals surface area contributed by atoms with E-state index in [1.54, 1.807) is 12.3 Å². The summed E-state index contributed by atoms with van der Waals surface area (Å²) in [5, 5.41) is 15.0. The van der Waals surface area contributed by atoms with Gasteiger partial charge in [0.2, 0.25) is 0 Å². The number of nitrogens with zero attached hydrogens (tertiary/aromatic N) is 2. The van der Waals surface area contributed by atoms with Gasteiger partial charge in [-0.3, -0.25) is 0 Å². The lowest BCUT2D eigenvalue weighted by Gasteiger charge is -2.05. The van der Waals surface area contributed by atoms with Crippen LogP contribution in [0.5, 0.6) is 5.75 Å². The zero-order valence-corrected chi connectivity index (χ0v) is 15.8. The number of halogens is 1. The molecule has 6 heteroatoms. The third-order valence-electron chi connectivity index (χ3n) is 3.89. The molecule has 136 valence electrons. The van der Waals surface area contributed by atoms with Gasteiger partial charge >= 0.3 is 0 Å². The Hall–Kier alpha value is -3.17. The largest absolute Gasteiger partial charge is 0.494 e. The maximum atomic E-state index is 13.4. The molecule has 0 radical (unpaired) electrons. The van der Waals surface area contributed by atoms with Gasteiger partial charge in [0.1, 0.15) is 28.2 Å². The van der Waals surface area contributed by atoms with Gasteiger partial charge in [0, 0.05) is 22.8 Å². The van der Waals surface area contributed by atoms with Crippen LogP contribution in [0.15, 0.2) is 54.0 Å². The van der Waals surface area contributed by atoms with Crippen molar-refractivity contribution >= 4 is 22.6 Å². The first-order chi connectivity index (χ1) is 13.1. The molecule has 0 atom stereocenters. The molecule has 1 heterocycles. The summed E-state index contributed by atoms with van der Waals surface area (Å²) in [5.41, 5.74) is 3.64. The summed E-state index contributed by atoms with van der Waals surface area (Å²) in [7, 11) is 0. The molecule has 0 amide bonds. The first kappa shape index (κ1) is 18.6. The topological polar surface area (TPSA) is 57.9 Å². The fourth-order valence-corrected chi connectivity index (χ4v) is 3.25. The Morgan fingerprint density at radius 2 is 2.07 bits per heavy atom. The van der Waals surface area contributed by atoms with Crippen LogP contribution in [0.3, 0.4) is 0 Å². The lowest BCUT2D eigenvalue weighted by atomic mass is 10.1. The van der Waals surface area contributed by atoms with E-state index in [1.165, 1.54) is 23.5 Å². The number of ether oxygens (including phenoxy) is 1. The Morgan fingerprint density at radius 3 is 2.78 bits per heavy atom. The first-order valence-electron chi connectivity index (χ1n) is 8.42. The normalized spacial score (nSPS) is 11.1. The molecule has 4 nitrogen and oxygen atoms in total. The molecule has 0 saturated heterocycles. The van der Waals surface area contributed by atoms with Gasteiger partial charge in [-0.05, 0) is 55.8 Å². The molecule has 2 aromatic carbocycles. The van der Waals surface area contributed by atoms with Crippen molar-refractivity contribution in [3.8, 4) is 23.1 Å². The minimum absolute atomic E-state index is 0.331. The average Bonchev–Trinajstić information content (AvgIpc) is 3.16. The van der Waals surface area contributed by atoms with Crippen LogP contribution in [-0.2, 0) is 0 Å². The van der Waals surface area contributed by atoms with E-state index in [0.29, 0.717) is 22.9 Å². The lowest BCUT2D eigenvalue weighted by molar-refractivity contribution is 0.340. The van der Waals surface area contributed by atoms with Crippen LogP contribution in [0.25, 0.3) is 16.8 Å². The van der Waals surface area contributed by atoms with Crippen LogP contribution >= 0.6 is 11.3 Å². The molecule has 0 saturated carbocycles. The zero-order chi connectivity index (χ0) is 19.2. The van der Waals surface area contributed by atoms with E-state index >= 15 is 0 Å². The molecule has 3 aromatic rings. The molecule has 0 unspecified atom stereocenters. The van der Waals surface area contributed by atoms with Crippen molar-refractivity contribution in [1.29, 1.82) is 5.26 Å². The van der Waals surface area contributed by atoms with Gasteiger partial charge in [-0.2, -0.15) is 5.26 Å². The maximum absolute atomic E-state index is 13.4. The Morgan fingerprint density at radius 1 is 1.30 bits per heavy atom. The highest BCUT2D eigenvalue weighted by Gasteiger charge is 2.09. The van der Waals surface area contributed by atoms with Gasteiger partial charge in [-0.15, -0.1) is 11.3 Å². The Kier molecular flexibility index (Phi) is 5.84. The number of hydrogen-bond acceptors (Lipinski definition) is 5. The molecule has 27 heavy (non-hydrogen) atoms. The fourth-order valence-electron chi connectivity index (χ4n) is 2.46. The van der Waals surface area contributed by atoms with Gasteiger partial charge in [0.05, 0.1) is 12.3 Å². The summed E-state index contributed by atoms with van der Waals surface area (Å²) in [6.07, 6.45) is 1.56. The van der Waals surface area contributed by atoms with E-state index in [-0.39, 0.29) is 5.82 Å². The highest BCUT2D eigenvalue weighted by atomic mass is 32.1. The molecule has 0 bridgehead atoms. The molecule has 1 N–H and O–H groups in total. The summed E-state index contributed by atoms with van der Waals surface area (Å²) in [6.45, 7) is 4.43. The van der Waals surface area contributed by atoms with Crippen molar-refractivity contribution < 1.29 is 9.13 Å². The first-order valence-corrected chi connectivity index (χ1v) is 9.30. The zero-order valence-electron chi connectivity index (χ0n) is 15.0. The molecular weight excluding hydrogens is 361 g/mol. The fraction of sp³-hybridized carbons (Fsp3) is 0.143. The minimum atomic E-state index is -0.331. The molecule has 0 spiro atoms. The second-order valence-corrected chi connectivity index (χ2v) is 6.63. The van der Waals surface area contributed by atoms with Gasteiger partial charge in [-0.25, -0.2) is 9.37 Å². The van der Waals surface area contributed by atoms with Gasteiger partial charge in [0.15, 0.2) is 0 Å². The van der Waals surface area contributed by atoms with E-state index in [2.05, 4.69) is 16.4 Å². The van der Waals surface area contributed by atoms with Crippen molar-refractivity contribution in [2.24, 2.45) is 0 Å². The number of anilines is 1. The van der Waals surface area contributed by atoms with Crippen LogP contribution in [0.2, 0.25) is 0 Å². The lowest BCUT2D eigenvalue weighted by Crippen LogP contribution is -1.94. The Labute approximate surface area is 161 Å². The molecule has 0 aliphatic rings. The number of aryl methyl sites for hydroxylation is 1. The highest BCUT2D eigenvalue weighted by molar-refractivity contribution is 7.11. The number of rotatable bonds is 6. The highest BCUT2D eigenvalue weighted by Crippen LogP contribution is 2.27. The minimum Gasteiger partial charge on any atom is -0.494 e. The molecule has 1 aromatic heterocycles. The molecule has 0 aliphatic carbocycles. The van der Waals surface area contributed by atoms with Gasteiger partial charge < -0.3 is 10.1 Å². The summed E-state index contributed by atoms with van der Waals surface area (Å²) in [5.74, 6) is 0.478. The molecule has 0 aliphatic heterocycles. The number of allylic oxidation sites excluding steroid dienone is 1. The second kappa shape index (κ2) is 8.47. The molecule has 3 rings (SSSR count). The number of nitrogens with one attached hydrogen (secondary N) is 1. The Balaban J connectivity index is 1.80. The van der Waals surface area contributed by atoms with Crippen LogP contribution in [0.1, 0.15) is 17.5 Å². The summed E-state index contributed by atoms with van der Waals surface area (Å²) in [4.78, 5) is 4.55. The number of aromatic nitrogens is 1. The van der Waals surface area contributed by atoms with Crippen LogP contribution in [0, 0.1) is 24.1 Å². The van der Waals surface area contributed by atoms with E-state index in [4.69, 9.17) is 4.74 Å². The van der Waals surface area contributed by atoms with Crippen LogP contribution in [-0.4, -0.2) is 11.6 Å². The van der Waals surface area contributed by atoms with E-state index in [1.807, 2.05) is 43.5 Å². The monoisotopic (exact) mass is 379 g/mol. The van der Waals surface area contributed by atoms with Crippen molar-refractivity contribution in [3.05, 3.63) is 70.4 Å². The van der Waals surface area contributed by atoms with Crippen LogP contribution in [0.4, 0.5) is 10.1 Å². The predicted molar refractivity (Wildman–Crippen MR) is 107 cm³/mol. The molecular formula is C21H18FN3OS. The SMILES string of the molecule is CCOc1ccc(-c2csc(/C(C#N)=C/Nc3cc(F)ccc3C)n2)cc1. The number of benzene rings is 2. The maximum Gasteiger partial charge on any atom is 0.136 e. The number of nitriles is 1.